The van der Waals surface area contributed by atoms with Crippen molar-refractivity contribution in [3.05, 3.63) is 34.4 Å². The Labute approximate surface area is 148 Å². The van der Waals surface area contributed by atoms with Gasteiger partial charge in [0.05, 0.1) is 22.1 Å². The normalized spacial score (nSPS) is 12.4. The van der Waals surface area contributed by atoms with Crippen molar-refractivity contribution in [3.63, 3.8) is 0 Å². The zero-order chi connectivity index (χ0) is 19.2. The summed E-state index contributed by atoms with van der Waals surface area (Å²) in [6.45, 7) is 3.66. The first-order valence-electron chi connectivity index (χ1n) is 7.42. The van der Waals surface area contributed by atoms with Crippen LogP contribution in [-0.2, 0) is 22.8 Å². The van der Waals surface area contributed by atoms with Crippen LogP contribution < -0.4 is 11.0 Å². The van der Waals surface area contributed by atoms with Crippen molar-refractivity contribution in [2.45, 2.75) is 32.1 Å². The first-order valence-corrected chi connectivity index (χ1v) is 9.41. The summed E-state index contributed by atoms with van der Waals surface area (Å²) in [7, 11) is -5.22. The van der Waals surface area contributed by atoms with Gasteiger partial charge in [-0.25, -0.2) is 0 Å². The SMILES string of the molecule is CCc1ccc2c(N)c(P(=O)(O)O)c(C(F)(F)Cl)c(C#N)c2c1CC. The van der Waals surface area contributed by atoms with E-state index in [2.05, 4.69) is 0 Å². The van der Waals surface area contributed by atoms with Crippen LogP contribution in [0, 0.1) is 11.3 Å². The maximum absolute atomic E-state index is 14.0. The smallest absolute Gasteiger partial charge is 0.358 e. The Morgan fingerprint density at radius 3 is 2.32 bits per heavy atom. The number of nitrogen functional groups attached to an aromatic ring is 1. The predicted molar refractivity (Wildman–Crippen MR) is 93.3 cm³/mol. The maximum atomic E-state index is 14.0. The van der Waals surface area contributed by atoms with Crippen LogP contribution in [0.5, 0.6) is 0 Å². The molecule has 0 atom stereocenters. The van der Waals surface area contributed by atoms with E-state index >= 15 is 0 Å². The van der Waals surface area contributed by atoms with Crippen molar-refractivity contribution in [1.29, 1.82) is 5.26 Å². The summed E-state index contributed by atoms with van der Waals surface area (Å²) in [6.07, 6.45) is 1.02. The molecule has 0 heterocycles. The van der Waals surface area contributed by atoms with Crippen molar-refractivity contribution in [2.24, 2.45) is 0 Å². The zero-order valence-corrected chi connectivity index (χ0v) is 15.1. The molecule has 0 unspecified atom stereocenters. The van der Waals surface area contributed by atoms with Gasteiger partial charge in [0.1, 0.15) is 6.07 Å². The van der Waals surface area contributed by atoms with Crippen LogP contribution in [-0.4, -0.2) is 9.79 Å². The second kappa shape index (κ2) is 6.54. The molecule has 134 valence electrons. The molecular formula is C16H16ClF2N2O3P. The number of hydrogen-bond donors (Lipinski definition) is 3. The van der Waals surface area contributed by atoms with Gasteiger partial charge in [-0.1, -0.05) is 26.0 Å². The van der Waals surface area contributed by atoms with Gasteiger partial charge in [-0.2, -0.15) is 14.0 Å². The highest BCUT2D eigenvalue weighted by Gasteiger charge is 2.42. The van der Waals surface area contributed by atoms with Crippen LogP contribution in [0.4, 0.5) is 14.5 Å². The second-order valence-electron chi connectivity index (χ2n) is 5.50. The number of nitriles is 1. The lowest BCUT2D eigenvalue weighted by Gasteiger charge is -2.23. The molecule has 2 rings (SSSR count). The number of aryl methyl sites for hydroxylation is 2. The predicted octanol–water partition coefficient (Wildman–Crippen LogP) is 3.51. The van der Waals surface area contributed by atoms with Gasteiger partial charge in [0.2, 0.25) is 0 Å². The number of benzene rings is 2. The van der Waals surface area contributed by atoms with E-state index < -0.39 is 35.1 Å². The second-order valence-corrected chi connectivity index (χ2v) is 7.51. The number of halogens is 3. The third-order valence-corrected chi connectivity index (χ3v) is 5.35. The lowest BCUT2D eigenvalue weighted by molar-refractivity contribution is 0.0958. The van der Waals surface area contributed by atoms with E-state index in [0.29, 0.717) is 18.4 Å². The fourth-order valence-electron chi connectivity index (χ4n) is 3.13. The molecular weight excluding hydrogens is 373 g/mol. The van der Waals surface area contributed by atoms with Crippen molar-refractivity contribution in [2.75, 3.05) is 5.73 Å². The minimum absolute atomic E-state index is 0.147. The molecule has 25 heavy (non-hydrogen) atoms. The van der Waals surface area contributed by atoms with Gasteiger partial charge < -0.3 is 15.5 Å². The molecule has 4 N–H and O–H groups in total. The molecule has 0 fully saturated rings. The van der Waals surface area contributed by atoms with Gasteiger partial charge in [-0.15, -0.1) is 0 Å². The van der Waals surface area contributed by atoms with E-state index in [-0.39, 0.29) is 10.8 Å². The monoisotopic (exact) mass is 388 g/mol. The summed E-state index contributed by atoms with van der Waals surface area (Å²) < 4.78 is 39.9. The summed E-state index contributed by atoms with van der Waals surface area (Å²) in [5.41, 5.74) is 5.03. The Morgan fingerprint density at radius 1 is 1.32 bits per heavy atom. The molecule has 9 heteroatoms. The van der Waals surface area contributed by atoms with Gasteiger partial charge >= 0.3 is 13.0 Å². The minimum Gasteiger partial charge on any atom is -0.397 e. The lowest BCUT2D eigenvalue weighted by atomic mass is 9.89. The third kappa shape index (κ3) is 3.23. The molecule has 0 bridgehead atoms. The molecule has 5 nitrogen and oxygen atoms in total. The number of anilines is 1. The van der Waals surface area contributed by atoms with Gasteiger partial charge in [-0.05, 0) is 35.6 Å². The molecule has 2 aromatic carbocycles. The average molecular weight is 389 g/mol. The Kier molecular flexibility index (Phi) is 5.13. The zero-order valence-electron chi connectivity index (χ0n) is 13.5. The molecule has 0 amide bonds. The molecule has 0 saturated carbocycles. The van der Waals surface area contributed by atoms with E-state index in [1.54, 1.807) is 19.1 Å². The van der Waals surface area contributed by atoms with Gasteiger partial charge in [-0.3, -0.25) is 4.57 Å². The fraction of sp³-hybridized carbons (Fsp3) is 0.312. The van der Waals surface area contributed by atoms with Gasteiger partial charge in [0.15, 0.2) is 0 Å². The minimum atomic E-state index is -5.22. The molecule has 0 spiro atoms. The quantitative estimate of drug-likeness (QED) is 0.422. The van der Waals surface area contributed by atoms with Crippen LogP contribution in [0.15, 0.2) is 12.1 Å². The van der Waals surface area contributed by atoms with Crippen LogP contribution in [0.2, 0.25) is 0 Å². The number of nitrogens with zero attached hydrogens (tertiary/aromatic N) is 1. The molecule has 0 radical (unpaired) electrons. The Bertz CT molecular complexity index is 946. The molecule has 0 aliphatic heterocycles. The van der Waals surface area contributed by atoms with Crippen molar-refractivity contribution in [3.8, 4) is 6.07 Å². The fourth-order valence-corrected chi connectivity index (χ4v) is 4.36. The largest absolute Gasteiger partial charge is 0.397 e. The van der Waals surface area contributed by atoms with E-state index in [1.807, 2.05) is 6.92 Å². The van der Waals surface area contributed by atoms with Crippen LogP contribution in [0.3, 0.4) is 0 Å². The first kappa shape index (κ1) is 19.6. The Balaban J connectivity index is 3.27. The molecule has 0 aliphatic carbocycles. The summed E-state index contributed by atoms with van der Waals surface area (Å²) in [6, 6.07) is 4.84. The summed E-state index contributed by atoms with van der Waals surface area (Å²) in [5.74, 6) is 0. The van der Waals surface area contributed by atoms with Crippen LogP contribution in [0.25, 0.3) is 10.8 Å². The number of hydrogen-bond acceptors (Lipinski definition) is 3. The van der Waals surface area contributed by atoms with Crippen molar-refractivity contribution < 1.29 is 23.1 Å². The number of fused-ring (bicyclic) bond motifs is 1. The standard InChI is InChI=1S/C16H16ClF2N2O3P/c1-3-8-5-6-10-12(9(8)4-2)11(7-20)13(16(17,18)19)15(14(10)21)25(22,23)24/h5-6H,3-4,21H2,1-2H3,(H2,22,23,24). The van der Waals surface area contributed by atoms with Gasteiger partial charge in [0, 0.05) is 10.8 Å². The summed E-state index contributed by atoms with van der Waals surface area (Å²) in [5, 5.41) is 4.55. The summed E-state index contributed by atoms with van der Waals surface area (Å²) in [4.78, 5) is 19.1. The molecule has 0 aromatic heterocycles. The van der Waals surface area contributed by atoms with E-state index in [9.17, 15) is 28.4 Å². The third-order valence-electron chi connectivity index (χ3n) is 4.11. The van der Waals surface area contributed by atoms with E-state index in [4.69, 9.17) is 17.3 Å². The topological polar surface area (TPSA) is 107 Å². The number of alkyl halides is 3. The first-order chi connectivity index (χ1) is 11.5. The maximum Gasteiger partial charge on any atom is 0.358 e. The van der Waals surface area contributed by atoms with Crippen molar-refractivity contribution >= 4 is 41.0 Å². The molecule has 0 aliphatic rings. The van der Waals surface area contributed by atoms with Gasteiger partial charge in [0.25, 0.3) is 0 Å². The highest BCUT2D eigenvalue weighted by molar-refractivity contribution is 7.60. The highest BCUT2D eigenvalue weighted by Crippen LogP contribution is 2.48. The van der Waals surface area contributed by atoms with Crippen LogP contribution >= 0.6 is 19.2 Å². The Morgan fingerprint density at radius 2 is 1.92 bits per heavy atom. The lowest BCUT2D eigenvalue weighted by Crippen LogP contribution is -2.25. The summed E-state index contributed by atoms with van der Waals surface area (Å²) >= 11 is 5.11. The van der Waals surface area contributed by atoms with E-state index in [1.165, 1.54) is 6.07 Å². The Hall–Kier alpha value is -1.71. The van der Waals surface area contributed by atoms with Crippen molar-refractivity contribution in [1.82, 2.24) is 0 Å². The highest BCUT2D eigenvalue weighted by atomic mass is 35.5. The number of rotatable bonds is 4. The van der Waals surface area contributed by atoms with E-state index in [0.717, 1.165) is 5.56 Å². The number of nitrogens with two attached hydrogens (primary N) is 1. The molecule has 0 saturated heterocycles. The van der Waals surface area contributed by atoms with Crippen LogP contribution in [0.1, 0.15) is 36.1 Å². The average Bonchev–Trinajstić information content (AvgIpc) is 2.51. The molecule has 2 aromatic rings.